The van der Waals surface area contributed by atoms with Gasteiger partial charge >= 0.3 is 0 Å². The highest BCUT2D eigenvalue weighted by atomic mass is 35.5. The number of rotatable bonds is 6. The minimum Gasteiger partial charge on any atom is -0.352 e. The average Bonchev–Trinajstić information content (AvgIpc) is 3.24. The van der Waals surface area contributed by atoms with E-state index in [2.05, 4.69) is 10.6 Å². The van der Waals surface area contributed by atoms with Gasteiger partial charge in [-0.1, -0.05) is 11.6 Å². The number of halogens is 1. The molecule has 0 bridgehead atoms. The Hall–Kier alpha value is -2.42. The van der Waals surface area contributed by atoms with Crippen LogP contribution in [0.2, 0.25) is 5.02 Å². The molecule has 2 aromatic rings. The summed E-state index contributed by atoms with van der Waals surface area (Å²) in [5, 5.41) is 5.53. The lowest BCUT2D eigenvalue weighted by atomic mass is 10.1. The second-order valence-corrected chi connectivity index (χ2v) is 8.99. The first-order valence-corrected chi connectivity index (χ1v) is 11.1. The standard InChI is InChI=1S/C20H22ClN3O4S/c1-2-22-19(25)14-5-7-15(8-6-14)23-20(26)17-13-16(9-10-18(17)21)29(27,28)24-11-3-4-12-24/h5-10,13H,2-4,11-12H2,1H3,(H,22,25)(H,23,26). The predicted molar refractivity (Wildman–Crippen MR) is 112 cm³/mol. The van der Waals surface area contributed by atoms with Gasteiger partial charge in [-0.05, 0) is 62.2 Å². The lowest BCUT2D eigenvalue weighted by Gasteiger charge is -2.16. The molecule has 154 valence electrons. The van der Waals surface area contributed by atoms with Crippen LogP contribution in [0.25, 0.3) is 0 Å². The van der Waals surface area contributed by atoms with Crippen LogP contribution in [-0.4, -0.2) is 44.2 Å². The maximum atomic E-state index is 12.7. The van der Waals surface area contributed by atoms with Crippen LogP contribution in [0.5, 0.6) is 0 Å². The van der Waals surface area contributed by atoms with Crippen LogP contribution in [0.3, 0.4) is 0 Å². The van der Waals surface area contributed by atoms with Crippen molar-refractivity contribution in [1.82, 2.24) is 9.62 Å². The minimum atomic E-state index is -3.65. The fourth-order valence-electron chi connectivity index (χ4n) is 3.08. The van der Waals surface area contributed by atoms with Crippen molar-refractivity contribution in [2.24, 2.45) is 0 Å². The minimum absolute atomic E-state index is 0.0422. The molecular formula is C20H22ClN3O4S. The van der Waals surface area contributed by atoms with Crippen molar-refractivity contribution < 1.29 is 18.0 Å². The van der Waals surface area contributed by atoms with Crippen molar-refractivity contribution in [3.05, 3.63) is 58.6 Å². The zero-order chi connectivity index (χ0) is 21.0. The van der Waals surface area contributed by atoms with Gasteiger partial charge in [0, 0.05) is 30.9 Å². The van der Waals surface area contributed by atoms with Crippen molar-refractivity contribution in [3.63, 3.8) is 0 Å². The number of benzene rings is 2. The topological polar surface area (TPSA) is 95.6 Å². The van der Waals surface area contributed by atoms with Crippen LogP contribution < -0.4 is 10.6 Å². The van der Waals surface area contributed by atoms with E-state index < -0.39 is 15.9 Å². The van der Waals surface area contributed by atoms with Crippen LogP contribution in [0, 0.1) is 0 Å². The van der Waals surface area contributed by atoms with E-state index in [0.29, 0.717) is 30.9 Å². The fourth-order valence-corrected chi connectivity index (χ4v) is 4.83. The summed E-state index contributed by atoms with van der Waals surface area (Å²) in [6.07, 6.45) is 1.65. The third-order valence-electron chi connectivity index (χ3n) is 4.63. The van der Waals surface area contributed by atoms with Gasteiger partial charge in [-0.25, -0.2) is 8.42 Å². The number of hydrogen-bond acceptors (Lipinski definition) is 4. The summed E-state index contributed by atoms with van der Waals surface area (Å²) < 4.78 is 26.9. The number of carbonyl (C=O) groups is 2. The smallest absolute Gasteiger partial charge is 0.257 e. The number of hydrogen-bond donors (Lipinski definition) is 2. The Bertz CT molecular complexity index is 1020. The average molecular weight is 436 g/mol. The highest BCUT2D eigenvalue weighted by Gasteiger charge is 2.28. The fraction of sp³-hybridized carbons (Fsp3) is 0.300. The van der Waals surface area contributed by atoms with E-state index in [4.69, 9.17) is 11.6 Å². The van der Waals surface area contributed by atoms with Gasteiger partial charge in [0.2, 0.25) is 10.0 Å². The Morgan fingerprint density at radius 2 is 1.69 bits per heavy atom. The molecule has 2 N–H and O–H groups in total. The van der Waals surface area contributed by atoms with E-state index in [1.54, 1.807) is 24.3 Å². The first-order valence-electron chi connectivity index (χ1n) is 9.32. The van der Waals surface area contributed by atoms with Gasteiger partial charge in [-0.3, -0.25) is 9.59 Å². The van der Waals surface area contributed by atoms with Gasteiger partial charge in [0.1, 0.15) is 0 Å². The van der Waals surface area contributed by atoms with Crippen molar-refractivity contribution >= 4 is 39.1 Å². The Labute approximate surface area is 175 Å². The molecule has 1 aliphatic rings. The van der Waals surface area contributed by atoms with Gasteiger partial charge in [0.15, 0.2) is 0 Å². The van der Waals surface area contributed by atoms with Gasteiger partial charge in [0.25, 0.3) is 11.8 Å². The second kappa shape index (κ2) is 8.94. The van der Waals surface area contributed by atoms with E-state index in [9.17, 15) is 18.0 Å². The maximum absolute atomic E-state index is 12.7. The summed E-state index contributed by atoms with van der Waals surface area (Å²) in [6.45, 7) is 3.30. The lowest BCUT2D eigenvalue weighted by Crippen LogP contribution is -2.28. The molecular weight excluding hydrogens is 414 g/mol. The van der Waals surface area contributed by atoms with Gasteiger partial charge in [0.05, 0.1) is 15.5 Å². The van der Waals surface area contributed by atoms with Crippen molar-refractivity contribution in [1.29, 1.82) is 0 Å². The van der Waals surface area contributed by atoms with Crippen LogP contribution in [0.4, 0.5) is 5.69 Å². The number of carbonyl (C=O) groups excluding carboxylic acids is 2. The van der Waals surface area contributed by atoms with Crippen molar-refractivity contribution in [2.75, 3.05) is 25.0 Å². The maximum Gasteiger partial charge on any atom is 0.257 e. The zero-order valence-electron chi connectivity index (χ0n) is 15.9. The Morgan fingerprint density at radius 1 is 1.03 bits per heavy atom. The molecule has 1 aliphatic heterocycles. The summed E-state index contributed by atoms with van der Waals surface area (Å²) in [5.74, 6) is -0.729. The van der Waals surface area contributed by atoms with E-state index >= 15 is 0 Å². The number of nitrogens with zero attached hydrogens (tertiary/aromatic N) is 1. The van der Waals surface area contributed by atoms with E-state index in [1.165, 1.54) is 22.5 Å². The lowest BCUT2D eigenvalue weighted by molar-refractivity contribution is 0.0955. The Balaban J connectivity index is 1.79. The second-order valence-electron chi connectivity index (χ2n) is 6.64. The summed E-state index contributed by atoms with van der Waals surface area (Å²) in [6, 6.07) is 10.5. The predicted octanol–water partition coefficient (Wildman–Crippen LogP) is 3.13. The van der Waals surface area contributed by atoms with Crippen LogP contribution in [-0.2, 0) is 10.0 Å². The zero-order valence-corrected chi connectivity index (χ0v) is 17.5. The largest absolute Gasteiger partial charge is 0.352 e. The third-order valence-corrected chi connectivity index (χ3v) is 6.85. The molecule has 1 fully saturated rings. The van der Waals surface area contributed by atoms with Crippen molar-refractivity contribution in [3.8, 4) is 0 Å². The summed E-state index contributed by atoms with van der Waals surface area (Å²) in [5.41, 5.74) is 1.01. The molecule has 1 heterocycles. The van der Waals surface area contributed by atoms with E-state index in [-0.39, 0.29) is 21.4 Å². The molecule has 0 saturated carbocycles. The Kier molecular flexibility index (Phi) is 6.56. The quantitative estimate of drug-likeness (QED) is 0.728. The third kappa shape index (κ3) is 4.77. The van der Waals surface area contributed by atoms with Crippen LogP contribution in [0.15, 0.2) is 47.4 Å². The molecule has 0 spiro atoms. The SMILES string of the molecule is CCNC(=O)c1ccc(NC(=O)c2cc(S(=O)(=O)N3CCCC3)ccc2Cl)cc1. The molecule has 7 nitrogen and oxygen atoms in total. The normalized spacial score (nSPS) is 14.6. The number of amides is 2. The van der Waals surface area contributed by atoms with Crippen LogP contribution in [0.1, 0.15) is 40.5 Å². The molecule has 9 heteroatoms. The van der Waals surface area contributed by atoms with Crippen LogP contribution >= 0.6 is 11.6 Å². The molecule has 1 saturated heterocycles. The highest BCUT2D eigenvalue weighted by Crippen LogP contribution is 2.26. The van der Waals surface area contributed by atoms with E-state index in [0.717, 1.165) is 12.8 Å². The molecule has 0 atom stereocenters. The molecule has 0 radical (unpaired) electrons. The summed E-state index contributed by atoms with van der Waals surface area (Å²) in [7, 11) is -3.65. The number of sulfonamides is 1. The highest BCUT2D eigenvalue weighted by molar-refractivity contribution is 7.89. The van der Waals surface area contributed by atoms with Gasteiger partial charge < -0.3 is 10.6 Å². The Morgan fingerprint density at radius 3 is 2.31 bits per heavy atom. The molecule has 0 unspecified atom stereocenters. The molecule has 2 aromatic carbocycles. The van der Waals surface area contributed by atoms with E-state index in [1.807, 2.05) is 6.92 Å². The first kappa shape index (κ1) is 21.3. The molecule has 29 heavy (non-hydrogen) atoms. The van der Waals surface area contributed by atoms with Crippen molar-refractivity contribution in [2.45, 2.75) is 24.7 Å². The number of nitrogens with one attached hydrogen (secondary N) is 2. The molecule has 0 aliphatic carbocycles. The number of anilines is 1. The molecule has 3 rings (SSSR count). The molecule has 0 aromatic heterocycles. The van der Waals surface area contributed by atoms with Gasteiger partial charge in [-0.2, -0.15) is 4.31 Å². The van der Waals surface area contributed by atoms with Gasteiger partial charge in [-0.15, -0.1) is 0 Å². The molecule has 2 amide bonds. The summed E-state index contributed by atoms with van der Waals surface area (Å²) in [4.78, 5) is 24.5. The monoisotopic (exact) mass is 435 g/mol. The summed E-state index contributed by atoms with van der Waals surface area (Å²) >= 11 is 6.15. The first-order chi connectivity index (χ1) is 13.8.